The van der Waals surface area contributed by atoms with Gasteiger partial charge in [0.25, 0.3) is 5.56 Å². The summed E-state index contributed by atoms with van der Waals surface area (Å²) < 4.78 is 6.57. The Morgan fingerprint density at radius 2 is 2.07 bits per heavy atom. The van der Waals surface area contributed by atoms with Gasteiger partial charge in [0.2, 0.25) is 5.95 Å². The predicted molar refractivity (Wildman–Crippen MR) is 103 cm³/mol. The molecule has 0 unspecified atom stereocenters. The fraction of sp³-hybridized carbons (Fsp3) is 0.211. The molecule has 2 aromatic carbocycles. The highest BCUT2D eigenvalue weighted by atomic mass is 16.5. The second-order valence-electron chi connectivity index (χ2n) is 5.87. The van der Waals surface area contributed by atoms with Crippen LogP contribution in [0.4, 0.5) is 5.95 Å². The number of hydrogen-bond acceptors (Lipinski definition) is 7. The van der Waals surface area contributed by atoms with Crippen molar-refractivity contribution in [3.8, 4) is 11.5 Å². The largest absolute Gasteiger partial charge is 0.508 e. The number of hydrazone groups is 1. The van der Waals surface area contributed by atoms with Crippen molar-refractivity contribution in [2.24, 2.45) is 5.10 Å². The van der Waals surface area contributed by atoms with Crippen molar-refractivity contribution in [2.45, 2.75) is 13.0 Å². The number of fused-ring (bicyclic) bond motifs is 1. The molecule has 0 bridgehead atoms. The van der Waals surface area contributed by atoms with Crippen LogP contribution in [-0.2, 0) is 11.3 Å². The predicted octanol–water partition coefficient (Wildman–Crippen LogP) is 2.29. The Kier molecular flexibility index (Phi) is 5.68. The number of aromatic hydroxyl groups is 2. The number of phenolic OH excluding ortho intramolecular Hbond substituents is 2. The first-order valence-electron chi connectivity index (χ1n) is 8.39. The van der Waals surface area contributed by atoms with E-state index in [0.29, 0.717) is 42.0 Å². The lowest BCUT2D eigenvalue weighted by molar-refractivity contribution is 0.190. The third kappa shape index (κ3) is 4.24. The quantitative estimate of drug-likeness (QED) is 0.335. The Morgan fingerprint density at radius 3 is 2.85 bits per heavy atom. The Balaban J connectivity index is 1.92. The van der Waals surface area contributed by atoms with Gasteiger partial charge in [-0.1, -0.05) is 12.1 Å². The third-order valence-electron chi connectivity index (χ3n) is 3.97. The van der Waals surface area contributed by atoms with Crippen molar-refractivity contribution in [3.05, 3.63) is 58.4 Å². The van der Waals surface area contributed by atoms with Crippen LogP contribution in [0.3, 0.4) is 0 Å². The minimum absolute atomic E-state index is 0.0409. The van der Waals surface area contributed by atoms with E-state index in [1.807, 2.05) is 6.07 Å². The minimum Gasteiger partial charge on any atom is -0.508 e. The summed E-state index contributed by atoms with van der Waals surface area (Å²) in [4.78, 5) is 17.3. The first-order chi connectivity index (χ1) is 13.1. The van der Waals surface area contributed by atoms with Gasteiger partial charge in [-0.25, -0.2) is 10.4 Å². The summed E-state index contributed by atoms with van der Waals surface area (Å²) in [5, 5.41) is 23.7. The molecule has 0 radical (unpaired) electrons. The summed E-state index contributed by atoms with van der Waals surface area (Å²) in [7, 11) is 1.61. The molecule has 0 atom stereocenters. The zero-order valence-corrected chi connectivity index (χ0v) is 14.8. The first-order valence-corrected chi connectivity index (χ1v) is 8.39. The molecule has 0 spiro atoms. The summed E-state index contributed by atoms with van der Waals surface area (Å²) in [5.74, 6) is 0.148. The number of rotatable bonds is 7. The fourth-order valence-corrected chi connectivity index (χ4v) is 2.63. The molecule has 0 fully saturated rings. The SMILES string of the molecule is COCCCn1c(N/N=C/c2ccc(O)cc2O)nc2ccccc2c1=O. The van der Waals surface area contributed by atoms with Crippen LogP contribution >= 0.6 is 0 Å². The van der Waals surface area contributed by atoms with Gasteiger partial charge in [0.1, 0.15) is 11.5 Å². The Hall–Kier alpha value is -3.39. The summed E-state index contributed by atoms with van der Waals surface area (Å²) in [6, 6.07) is 11.3. The first kappa shape index (κ1) is 18.4. The molecule has 8 heteroatoms. The summed E-state index contributed by atoms with van der Waals surface area (Å²) in [5.41, 5.74) is 3.58. The standard InChI is InChI=1S/C19H20N4O4/c1-27-10-4-9-23-18(26)15-5-2-3-6-16(15)21-19(23)22-20-12-13-7-8-14(24)11-17(13)25/h2-3,5-8,11-12,24-25H,4,9-10H2,1H3,(H,21,22)/b20-12+. The highest BCUT2D eigenvalue weighted by Crippen LogP contribution is 2.21. The maximum absolute atomic E-state index is 12.8. The van der Waals surface area contributed by atoms with Gasteiger partial charge in [-0.05, 0) is 30.7 Å². The van der Waals surface area contributed by atoms with E-state index in [1.165, 1.54) is 29.0 Å². The van der Waals surface area contributed by atoms with Crippen LogP contribution < -0.4 is 11.0 Å². The van der Waals surface area contributed by atoms with Gasteiger partial charge in [0, 0.05) is 31.9 Å². The molecule has 3 rings (SSSR count). The lowest BCUT2D eigenvalue weighted by atomic mass is 10.2. The Bertz CT molecular complexity index is 1030. The second kappa shape index (κ2) is 8.33. The molecular formula is C19H20N4O4. The average molecular weight is 368 g/mol. The van der Waals surface area contributed by atoms with Crippen molar-refractivity contribution in [3.63, 3.8) is 0 Å². The number of anilines is 1. The van der Waals surface area contributed by atoms with Gasteiger partial charge < -0.3 is 14.9 Å². The van der Waals surface area contributed by atoms with E-state index in [1.54, 1.807) is 25.3 Å². The number of hydrogen-bond donors (Lipinski definition) is 3. The van der Waals surface area contributed by atoms with Gasteiger partial charge >= 0.3 is 0 Å². The van der Waals surface area contributed by atoms with Crippen molar-refractivity contribution in [1.29, 1.82) is 0 Å². The van der Waals surface area contributed by atoms with E-state index in [2.05, 4.69) is 15.5 Å². The molecule has 27 heavy (non-hydrogen) atoms. The highest BCUT2D eigenvalue weighted by Gasteiger charge is 2.10. The molecule has 1 heterocycles. The van der Waals surface area contributed by atoms with Crippen LogP contribution in [0, 0.1) is 0 Å². The van der Waals surface area contributed by atoms with Crippen LogP contribution in [0.2, 0.25) is 0 Å². The van der Waals surface area contributed by atoms with Crippen LogP contribution in [0.25, 0.3) is 10.9 Å². The smallest absolute Gasteiger partial charge is 0.262 e. The molecule has 8 nitrogen and oxygen atoms in total. The Morgan fingerprint density at radius 1 is 1.26 bits per heavy atom. The number of ether oxygens (including phenoxy) is 1. The molecule has 1 aromatic heterocycles. The normalized spacial score (nSPS) is 11.3. The van der Waals surface area contributed by atoms with E-state index in [4.69, 9.17) is 4.74 Å². The number of aromatic nitrogens is 2. The van der Waals surface area contributed by atoms with Crippen molar-refractivity contribution in [1.82, 2.24) is 9.55 Å². The number of phenols is 2. The number of nitrogens with zero attached hydrogens (tertiary/aromatic N) is 3. The highest BCUT2D eigenvalue weighted by molar-refractivity contribution is 5.84. The molecule has 0 amide bonds. The third-order valence-corrected chi connectivity index (χ3v) is 3.97. The van der Waals surface area contributed by atoms with Gasteiger partial charge in [-0.15, -0.1) is 0 Å². The molecule has 140 valence electrons. The van der Waals surface area contributed by atoms with Crippen LogP contribution in [0.1, 0.15) is 12.0 Å². The molecule has 0 aliphatic rings. The van der Waals surface area contributed by atoms with Crippen molar-refractivity contribution < 1.29 is 14.9 Å². The van der Waals surface area contributed by atoms with Crippen LogP contribution in [0.15, 0.2) is 52.4 Å². The average Bonchev–Trinajstić information content (AvgIpc) is 2.66. The second-order valence-corrected chi connectivity index (χ2v) is 5.87. The lowest BCUT2D eigenvalue weighted by Gasteiger charge is -2.12. The monoisotopic (exact) mass is 368 g/mol. The molecule has 3 N–H and O–H groups in total. The number of benzene rings is 2. The maximum Gasteiger partial charge on any atom is 0.262 e. The fourth-order valence-electron chi connectivity index (χ4n) is 2.63. The topological polar surface area (TPSA) is 109 Å². The lowest BCUT2D eigenvalue weighted by Crippen LogP contribution is -2.24. The molecule has 0 aliphatic heterocycles. The van der Waals surface area contributed by atoms with Crippen molar-refractivity contribution in [2.75, 3.05) is 19.1 Å². The maximum atomic E-state index is 12.8. The van der Waals surface area contributed by atoms with E-state index < -0.39 is 0 Å². The van der Waals surface area contributed by atoms with Gasteiger partial charge in [-0.2, -0.15) is 5.10 Å². The molecule has 0 aliphatic carbocycles. The molecule has 0 saturated carbocycles. The van der Waals surface area contributed by atoms with Crippen LogP contribution in [-0.4, -0.2) is 39.7 Å². The summed E-state index contributed by atoms with van der Waals surface area (Å²) in [6.45, 7) is 0.941. The van der Waals surface area contributed by atoms with E-state index in [0.717, 1.165) is 0 Å². The van der Waals surface area contributed by atoms with Gasteiger partial charge in [-0.3, -0.25) is 9.36 Å². The van der Waals surface area contributed by atoms with Crippen molar-refractivity contribution >= 4 is 23.1 Å². The number of nitrogens with one attached hydrogen (secondary N) is 1. The number of methoxy groups -OCH3 is 1. The Labute approximate surface area is 155 Å². The minimum atomic E-state index is -0.165. The molecule has 3 aromatic rings. The summed E-state index contributed by atoms with van der Waals surface area (Å²) >= 11 is 0. The summed E-state index contributed by atoms with van der Waals surface area (Å²) in [6.07, 6.45) is 2.03. The van der Waals surface area contributed by atoms with E-state index in [-0.39, 0.29) is 17.1 Å². The van der Waals surface area contributed by atoms with E-state index >= 15 is 0 Å². The zero-order chi connectivity index (χ0) is 19.2. The molecular weight excluding hydrogens is 348 g/mol. The zero-order valence-electron chi connectivity index (χ0n) is 14.8. The van der Waals surface area contributed by atoms with Gasteiger partial charge in [0.05, 0.1) is 17.1 Å². The van der Waals surface area contributed by atoms with Crippen LogP contribution in [0.5, 0.6) is 11.5 Å². The van der Waals surface area contributed by atoms with E-state index in [9.17, 15) is 15.0 Å². The van der Waals surface area contributed by atoms with Gasteiger partial charge in [0.15, 0.2) is 0 Å². The molecule has 0 saturated heterocycles. The number of para-hydroxylation sites is 1.